The molecule has 0 bridgehead atoms. The molecule has 0 radical (unpaired) electrons. The van der Waals surface area contributed by atoms with Crippen LogP contribution in [-0.2, 0) is 0 Å². The van der Waals surface area contributed by atoms with Crippen molar-refractivity contribution in [2.24, 2.45) is 0 Å². The molecular formula is C18H18O4. The van der Waals surface area contributed by atoms with E-state index in [2.05, 4.69) is 0 Å². The van der Waals surface area contributed by atoms with Gasteiger partial charge in [-0.15, -0.1) is 0 Å². The monoisotopic (exact) mass is 298 g/mol. The molecule has 0 aliphatic carbocycles. The molecule has 2 rings (SSSR count). The van der Waals surface area contributed by atoms with Crippen LogP contribution in [0.3, 0.4) is 0 Å². The molecule has 0 aliphatic rings. The zero-order valence-corrected chi connectivity index (χ0v) is 12.7. The molecule has 0 aromatic heterocycles. The number of carbonyl (C=O) groups is 2. The number of benzene rings is 2. The summed E-state index contributed by atoms with van der Waals surface area (Å²) in [6.07, 6.45) is 0. The molecule has 0 heterocycles. The first kappa shape index (κ1) is 15.8. The number of hydrogen-bond donors (Lipinski definition) is 0. The van der Waals surface area contributed by atoms with Gasteiger partial charge >= 0.3 is 0 Å². The third-order valence-corrected chi connectivity index (χ3v) is 3.12. The lowest BCUT2D eigenvalue weighted by Gasteiger charge is -2.11. The van der Waals surface area contributed by atoms with E-state index in [1.54, 1.807) is 42.5 Å². The Kier molecular flexibility index (Phi) is 5.31. The van der Waals surface area contributed by atoms with Gasteiger partial charge in [0.2, 0.25) is 0 Å². The molecular weight excluding hydrogens is 280 g/mol. The highest BCUT2D eigenvalue weighted by Crippen LogP contribution is 2.18. The minimum Gasteiger partial charge on any atom is -0.490 e. The Morgan fingerprint density at radius 3 is 2.32 bits per heavy atom. The van der Waals surface area contributed by atoms with E-state index in [1.807, 2.05) is 6.07 Å². The van der Waals surface area contributed by atoms with Crippen LogP contribution in [0.15, 0.2) is 48.5 Å². The first-order chi connectivity index (χ1) is 10.6. The summed E-state index contributed by atoms with van der Waals surface area (Å²) in [5.41, 5.74) is 1.17. The van der Waals surface area contributed by atoms with E-state index in [-0.39, 0.29) is 11.6 Å². The smallest absolute Gasteiger partial charge is 0.163 e. The molecule has 0 atom stereocenters. The summed E-state index contributed by atoms with van der Waals surface area (Å²) in [4.78, 5) is 22.8. The van der Waals surface area contributed by atoms with Crippen molar-refractivity contribution in [1.29, 1.82) is 0 Å². The molecule has 0 spiro atoms. The molecule has 0 aliphatic heterocycles. The number of ether oxygens (including phenoxy) is 2. The second-order valence-electron chi connectivity index (χ2n) is 4.83. The van der Waals surface area contributed by atoms with Crippen molar-refractivity contribution in [3.05, 3.63) is 59.7 Å². The molecule has 0 N–H and O–H groups in total. The summed E-state index contributed by atoms with van der Waals surface area (Å²) in [7, 11) is 0. The minimum atomic E-state index is -0.0364. The summed E-state index contributed by atoms with van der Waals surface area (Å²) in [5.74, 6) is 1.13. The SMILES string of the molecule is CC(=O)c1cccc(OCCOc2ccccc2C(C)=O)c1. The Balaban J connectivity index is 1.89. The lowest BCUT2D eigenvalue weighted by atomic mass is 10.1. The molecule has 0 fully saturated rings. The van der Waals surface area contributed by atoms with Crippen LogP contribution in [0.4, 0.5) is 0 Å². The predicted octanol–water partition coefficient (Wildman–Crippen LogP) is 3.55. The highest BCUT2D eigenvalue weighted by atomic mass is 16.5. The highest BCUT2D eigenvalue weighted by Gasteiger charge is 2.07. The number of carbonyl (C=O) groups excluding carboxylic acids is 2. The molecule has 22 heavy (non-hydrogen) atoms. The van der Waals surface area contributed by atoms with Gasteiger partial charge in [-0.2, -0.15) is 0 Å². The first-order valence-electron chi connectivity index (χ1n) is 7.04. The average molecular weight is 298 g/mol. The summed E-state index contributed by atoms with van der Waals surface area (Å²) < 4.78 is 11.1. The van der Waals surface area contributed by atoms with E-state index in [0.717, 1.165) is 0 Å². The fourth-order valence-electron chi connectivity index (χ4n) is 2.00. The van der Waals surface area contributed by atoms with E-state index in [1.165, 1.54) is 13.8 Å². The van der Waals surface area contributed by atoms with E-state index >= 15 is 0 Å². The van der Waals surface area contributed by atoms with Crippen molar-refractivity contribution in [1.82, 2.24) is 0 Å². The number of ketones is 2. The van der Waals surface area contributed by atoms with Crippen LogP contribution in [0, 0.1) is 0 Å². The summed E-state index contributed by atoms with van der Waals surface area (Å²) in [6, 6.07) is 14.1. The molecule has 0 unspecified atom stereocenters. The minimum absolute atomic E-state index is 0.00270. The second-order valence-corrected chi connectivity index (χ2v) is 4.83. The van der Waals surface area contributed by atoms with Gasteiger partial charge in [0.05, 0.1) is 5.56 Å². The zero-order valence-electron chi connectivity index (χ0n) is 12.7. The predicted molar refractivity (Wildman–Crippen MR) is 83.9 cm³/mol. The van der Waals surface area contributed by atoms with Crippen molar-refractivity contribution in [3.8, 4) is 11.5 Å². The third kappa shape index (κ3) is 4.19. The van der Waals surface area contributed by atoms with Gasteiger partial charge in [-0.3, -0.25) is 9.59 Å². The second kappa shape index (κ2) is 7.41. The molecule has 0 saturated carbocycles. The number of Topliss-reactive ketones (excluding diaryl/α,β-unsaturated/α-hetero) is 2. The molecule has 4 heteroatoms. The van der Waals surface area contributed by atoms with Gasteiger partial charge in [-0.1, -0.05) is 24.3 Å². The van der Waals surface area contributed by atoms with Crippen LogP contribution < -0.4 is 9.47 Å². The van der Waals surface area contributed by atoms with Crippen molar-refractivity contribution in [3.63, 3.8) is 0 Å². The summed E-state index contributed by atoms with van der Waals surface area (Å²) in [6.45, 7) is 3.66. The van der Waals surface area contributed by atoms with Gasteiger partial charge in [-0.25, -0.2) is 0 Å². The molecule has 114 valence electrons. The van der Waals surface area contributed by atoms with E-state index in [0.29, 0.717) is 35.8 Å². The molecule has 2 aromatic carbocycles. The lowest BCUT2D eigenvalue weighted by molar-refractivity contribution is 0.100. The quantitative estimate of drug-likeness (QED) is 0.579. The number of para-hydroxylation sites is 1. The molecule has 2 aromatic rings. The summed E-state index contributed by atoms with van der Waals surface area (Å²) >= 11 is 0. The van der Waals surface area contributed by atoms with Gasteiger partial charge in [0.1, 0.15) is 24.7 Å². The first-order valence-corrected chi connectivity index (χ1v) is 7.04. The van der Waals surface area contributed by atoms with Crippen molar-refractivity contribution in [2.45, 2.75) is 13.8 Å². The van der Waals surface area contributed by atoms with Gasteiger partial charge < -0.3 is 9.47 Å². The highest BCUT2D eigenvalue weighted by molar-refractivity contribution is 5.96. The standard InChI is InChI=1S/C18H18O4/c1-13(19)15-6-5-7-16(12-15)21-10-11-22-18-9-4-3-8-17(18)14(2)20/h3-9,12H,10-11H2,1-2H3. The van der Waals surface area contributed by atoms with E-state index in [4.69, 9.17) is 9.47 Å². The third-order valence-electron chi connectivity index (χ3n) is 3.12. The molecule has 4 nitrogen and oxygen atoms in total. The molecule has 0 saturated heterocycles. The Morgan fingerprint density at radius 1 is 0.864 bits per heavy atom. The van der Waals surface area contributed by atoms with E-state index < -0.39 is 0 Å². The fraction of sp³-hybridized carbons (Fsp3) is 0.222. The van der Waals surface area contributed by atoms with Crippen LogP contribution in [0.5, 0.6) is 11.5 Å². The maximum Gasteiger partial charge on any atom is 0.163 e. The maximum atomic E-state index is 11.5. The van der Waals surface area contributed by atoms with Crippen molar-refractivity contribution in [2.75, 3.05) is 13.2 Å². The topological polar surface area (TPSA) is 52.6 Å². The van der Waals surface area contributed by atoms with Gasteiger partial charge in [0.25, 0.3) is 0 Å². The Hall–Kier alpha value is -2.62. The Morgan fingerprint density at radius 2 is 1.59 bits per heavy atom. The number of rotatable bonds is 7. The Labute approximate surface area is 129 Å². The largest absolute Gasteiger partial charge is 0.490 e. The van der Waals surface area contributed by atoms with Crippen LogP contribution in [0.1, 0.15) is 34.6 Å². The van der Waals surface area contributed by atoms with Crippen LogP contribution >= 0.6 is 0 Å². The number of hydrogen-bond acceptors (Lipinski definition) is 4. The molecule has 0 amide bonds. The fourth-order valence-corrected chi connectivity index (χ4v) is 2.00. The normalized spacial score (nSPS) is 10.1. The summed E-state index contributed by atoms with van der Waals surface area (Å²) in [5, 5.41) is 0. The van der Waals surface area contributed by atoms with Crippen LogP contribution in [0.25, 0.3) is 0 Å². The van der Waals surface area contributed by atoms with Crippen LogP contribution in [-0.4, -0.2) is 24.8 Å². The van der Waals surface area contributed by atoms with Crippen molar-refractivity contribution >= 4 is 11.6 Å². The van der Waals surface area contributed by atoms with Crippen molar-refractivity contribution < 1.29 is 19.1 Å². The van der Waals surface area contributed by atoms with Gasteiger partial charge in [0, 0.05) is 5.56 Å². The lowest BCUT2D eigenvalue weighted by Crippen LogP contribution is -2.11. The average Bonchev–Trinajstić information content (AvgIpc) is 2.52. The maximum absolute atomic E-state index is 11.5. The van der Waals surface area contributed by atoms with Gasteiger partial charge in [0.15, 0.2) is 11.6 Å². The van der Waals surface area contributed by atoms with E-state index in [9.17, 15) is 9.59 Å². The van der Waals surface area contributed by atoms with Crippen LogP contribution in [0.2, 0.25) is 0 Å². The zero-order chi connectivity index (χ0) is 15.9. The Bertz CT molecular complexity index is 676. The van der Waals surface area contributed by atoms with Gasteiger partial charge in [-0.05, 0) is 38.1 Å².